The zero-order valence-electron chi connectivity index (χ0n) is 9.73. The van der Waals surface area contributed by atoms with E-state index >= 15 is 0 Å². The van der Waals surface area contributed by atoms with Crippen LogP contribution in [-0.2, 0) is 11.2 Å². The summed E-state index contributed by atoms with van der Waals surface area (Å²) in [7, 11) is 0. The molecule has 0 radical (unpaired) electrons. The first-order valence-electron chi connectivity index (χ1n) is 5.95. The SMILES string of the molecule is CC1CC1NC(=O)Cc1[nH]nc2ccccc12. The van der Waals surface area contributed by atoms with Crippen molar-refractivity contribution in [2.24, 2.45) is 5.92 Å². The number of benzene rings is 1. The first-order chi connectivity index (χ1) is 8.24. The van der Waals surface area contributed by atoms with Gasteiger partial charge < -0.3 is 5.32 Å². The molecule has 4 heteroatoms. The minimum absolute atomic E-state index is 0.0775. The molecular weight excluding hydrogens is 214 g/mol. The summed E-state index contributed by atoms with van der Waals surface area (Å²) in [4.78, 5) is 11.8. The molecule has 0 aliphatic heterocycles. The molecule has 17 heavy (non-hydrogen) atoms. The zero-order valence-corrected chi connectivity index (χ0v) is 9.73. The summed E-state index contributed by atoms with van der Waals surface area (Å²) in [5, 5.41) is 11.2. The number of para-hydroxylation sites is 1. The van der Waals surface area contributed by atoms with Crippen molar-refractivity contribution in [3.05, 3.63) is 30.0 Å². The number of nitrogens with one attached hydrogen (secondary N) is 2. The van der Waals surface area contributed by atoms with Crippen LogP contribution in [0.1, 0.15) is 19.0 Å². The van der Waals surface area contributed by atoms with Crippen LogP contribution >= 0.6 is 0 Å². The number of hydrogen-bond donors (Lipinski definition) is 2. The van der Waals surface area contributed by atoms with Gasteiger partial charge in [-0.3, -0.25) is 9.89 Å². The molecule has 1 fully saturated rings. The van der Waals surface area contributed by atoms with Gasteiger partial charge in [0.25, 0.3) is 0 Å². The number of amides is 1. The van der Waals surface area contributed by atoms with Crippen LogP contribution < -0.4 is 5.32 Å². The third-order valence-electron chi connectivity index (χ3n) is 3.33. The van der Waals surface area contributed by atoms with E-state index in [0.717, 1.165) is 23.0 Å². The van der Waals surface area contributed by atoms with Crippen LogP contribution in [-0.4, -0.2) is 22.1 Å². The van der Waals surface area contributed by atoms with E-state index in [4.69, 9.17) is 0 Å². The first kappa shape index (κ1) is 10.3. The highest BCUT2D eigenvalue weighted by molar-refractivity contribution is 5.87. The summed E-state index contributed by atoms with van der Waals surface area (Å²) in [6.07, 6.45) is 1.49. The van der Waals surface area contributed by atoms with Gasteiger partial charge in [-0.25, -0.2) is 0 Å². The standard InChI is InChI=1S/C13H15N3O/c1-8-6-11(8)14-13(17)7-12-9-4-2-3-5-10(9)15-16-12/h2-5,8,11H,6-7H2,1H3,(H,14,17)(H,15,16). The smallest absolute Gasteiger partial charge is 0.226 e. The largest absolute Gasteiger partial charge is 0.353 e. The molecule has 2 atom stereocenters. The second-order valence-electron chi connectivity index (χ2n) is 4.78. The van der Waals surface area contributed by atoms with Gasteiger partial charge in [0.1, 0.15) is 0 Å². The molecule has 1 amide bonds. The van der Waals surface area contributed by atoms with Gasteiger partial charge in [-0.2, -0.15) is 5.10 Å². The number of rotatable bonds is 3. The number of carbonyl (C=O) groups is 1. The molecule has 1 aliphatic rings. The van der Waals surface area contributed by atoms with Gasteiger partial charge in [-0.15, -0.1) is 0 Å². The van der Waals surface area contributed by atoms with Crippen LogP contribution in [0.2, 0.25) is 0 Å². The second kappa shape index (κ2) is 3.87. The quantitative estimate of drug-likeness (QED) is 0.840. The van der Waals surface area contributed by atoms with E-state index in [1.807, 2.05) is 24.3 Å². The Morgan fingerprint density at radius 2 is 2.29 bits per heavy atom. The maximum atomic E-state index is 11.8. The molecule has 1 aromatic heterocycles. The number of hydrogen-bond acceptors (Lipinski definition) is 2. The van der Waals surface area contributed by atoms with E-state index in [-0.39, 0.29) is 5.91 Å². The molecule has 0 saturated heterocycles. The molecule has 3 rings (SSSR count). The fourth-order valence-electron chi connectivity index (χ4n) is 2.09. The molecule has 2 N–H and O–H groups in total. The number of aromatic amines is 1. The highest BCUT2D eigenvalue weighted by Gasteiger charge is 2.33. The Labute approximate surface area is 99.4 Å². The van der Waals surface area contributed by atoms with Crippen LogP contribution in [0.4, 0.5) is 0 Å². The molecule has 4 nitrogen and oxygen atoms in total. The number of carbonyl (C=O) groups excluding carboxylic acids is 1. The predicted octanol–water partition coefficient (Wildman–Crippen LogP) is 1.63. The third-order valence-corrected chi connectivity index (χ3v) is 3.33. The first-order valence-corrected chi connectivity index (χ1v) is 5.95. The molecule has 1 saturated carbocycles. The van der Waals surface area contributed by atoms with Crippen molar-refractivity contribution in [3.8, 4) is 0 Å². The minimum atomic E-state index is 0.0775. The summed E-state index contributed by atoms with van der Waals surface area (Å²) < 4.78 is 0. The van der Waals surface area contributed by atoms with Crippen molar-refractivity contribution in [1.82, 2.24) is 15.5 Å². The Balaban J connectivity index is 1.73. The van der Waals surface area contributed by atoms with Gasteiger partial charge in [-0.1, -0.05) is 25.1 Å². The van der Waals surface area contributed by atoms with Gasteiger partial charge >= 0.3 is 0 Å². The lowest BCUT2D eigenvalue weighted by Gasteiger charge is -2.02. The Hall–Kier alpha value is -1.84. The summed E-state index contributed by atoms with van der Waals surface area (Å²) in [5.41, 5.74) is 1.81. The Kier molecular flexibility index (Phi) is 2.35. The maximum Gasteiger partial charge on any atom is 0.226 e. The maximum absolute atomic E-state index is 11.8. The monoisotopic (exact) mass is 229 g/mol. The molecule has 0 bridgehead atoms. The van der Waals surface area contributed by atoms with Crippen LogP contribution in [0.5, 0.6) is 0 Å². The van der Waals surface area contributed by atoms with Crippen LogP contribution in [0, 0.1) is 5.92 Å². The molecular formula is C13H15N3O. The summed E-state index contributed by atoms with van der Waals surface area (Å²) in [6.45, 7) is 2.15. The molecule has 1 aromatic carbocycles. The van der Waals surface area contributed by atoms with Crippen molar-refractivity contribution in [3.63, 3.8) is 0 Å². The number of fused-ring (bicyclic) bond motifs is 1. The normalized spacial score (nSPS) is 22.6. The van der Waals surface area contributed by atoms with Crippen LogP contribution in [0.15, 0.2) is 24.3 Å². The number of aromatic nitrogens is 2. The molecule has 2 aromatic rings. The van der Waals surface area contributed by atoms with Crippen molar-refractivity contribution in [2.45, 2.75) is 25.8 Å². The number of nitrogens with zero attached hydrogens (tertiary/aromatic N) is 1. The lowest BCUT2D eigenvalue weighted by atomic mass is 10.1. The fraction of sp³-hybridized carbons (Fsp3) is 0.385. The molecule has 88 valence electrons. The minimum Gasteiger partial charge on any atom is -0.353 e. The van der Waals surface area contributed by atoms with E-state index in [9.17, 15) is 4.79 Å². The van der Waals surface area contributed by atoms with Gasteiger partial charge in [0.2, 0.25) is 5.91 Å². The van der Waals surface area contributed by atoms with Crippen LogP contribution in [0.3, 0.4) is 0 Å². The van der Waals surface area contributed by atoms with Crippen molar-refractivity contribution < 1.29 is 4.79 Å². The van der Waals surface area contributed by atoms with Crippen molar-refractivity contribution in [2.75, 3.05) is 0 Å². The number of H-pyrrole nitrogens is 1. The van der Waals surface area contributed by atoms with Gasteiger partial charge in [0.05, 0.1) is 17.6 Å². The Morgan fingerprint density at radius 1 is 1.53 bits per heavy atom. The average molecular weight is 229 g/mol. The highest BCUT2D eigenvalue weighted by atomic mass is 16.1. The lowest BCUT2D eigenvalue weighted by molar-refractivity contribution is -0.120. The molecule has 0 spiro atoms. The fourth-order valence-corrected chi connectivity index (χ4v) is 2.09. The molecule has 1 heterocycles. The summed E-state index contributed by atoms with van der Waals surface area (Å²) in [5.74, 6) is 0.714. The zero-order chi connectivity index (χ0) is 11.8. The van der Waals surface area contributed by atoms with Crippen molar-refractivity contribution in [1.29, 1.82) is 0 Å². The van der Waals surface area contributed by atoms with E-state index in [0.29, 0.717) is 18.4 Å². The molecule has 2 unspecified atom stereocenters. The molecule has 1 aliphatic carbocycles. The second-order valence-corrected chi connectivity index (χ2v) is 4.78. The van der Waals surface area contributed by atoms with Gasteiger partial charge in [0, 0.05) is 11.4 Å². The van der Waals surface area contributed by atoms with E-state index in [1.54, 1.807) is 0 Å². The topological polar surface area (TPSA) is 57.8 Å². The highest BCUT2D eigenvalue weighted by Crippen LogP contribution is 2.29. The van der Waals surface area contributed by atoms with Gasteiger partial charge in [0.15, 0.2) is 0 Å². The Bertz CT molecular complexity index is 561. The van der Waals surface area contributed by atoms with Crippen molar-refractivity contribution >= 4 is 16.8 Å². The summed E-state index contributed by atoms with van der Waals surface area (Å²) >= 11 is 0. The predicted molar refractivity (Wildman–Crippen MR) is 65.5 cm³/mol. The van der Waals surface area contributed by atoms with E-state index in [1.165, 1.54) is 0 Å². The van der Waals surface area contributed by atoms with Crippen LogP contribution in [0.25, 0.3) is 10.9 Å². The Morgan fingerprint density at radius 3 is 3.06 bits per heavy atom. The van der Waals surface area contributed by atoms with E-state index in [2.05, 4.69) is 22.4 Å². The average Bonchev–Trinajstić information content (AvgIpc) is 2.86. The third kappa shape index (κ3) is 2.02. The van der Waals surface area contributed by atoms with E-state index < -0.39 is 0 Å². The summed E-state index contributed by atoms with van der Waals surface area (Å²) in [6, 6.07) is 8.22. The van der Waals surface area contributed by atoms with Gasteiger partial charge in [-0.05, 0) is 18.4 Å². The lowest BCUT2D eigenvalue weighted by Crippen LogP contribution is -2.28.